The average molecular weight is 365 g/mol. The molecule has 0 radical (unpaired) electrons. The van der Waals surface area contributed by atoms with Crippen LogP contribution in [0, 0.1) is 0 Å². The van der Waals surface area contributed by atoms with Crippen molar-refractivity contribution < 1.29 is 0 Å². The van der Waals surface area contributed by atoms with Crippen molar-refractivity contribution >= 4 is 53.8 Å². The summed E-state index contributed by atoms with van der Waals surface area (Å²) in [6.45, 7) is 9.44. The summed E-state index contributed by atoms with van der Waals surface area (Å²) >= 11 is 0. The summed E-state index contributed by atoms with van der Waals surface area (Å²) in [5.74, 6) is 0. The van der Waals surface area contributed by atoms with Gasteiger partial charge in [0, 0.05) is 0 Å². The van der Waals surface area contributed by atoms with Crippen molar-refractivity contribution in [2.45, 2.75) is 79.1 Å². The van der Waals surface area contributed by atoms with E-state index >= 15 is 0 Å². The van der Waals surface area contributed by atoms with Gasteiger partial charge in [-0.15, -0.1) is 17.0 Å². The maximum atomic E-state index is 2.36. The molecule has 0 aliphatic rings. The van der Waals surface area contributed by atoms with Crippen LogP contribution in [0.5, 0.6) is 0 Å². The molecular weight excluding hydrogens is 326 g/mol. The number of rotatable bonds is 12. The minimum absolute atomic E-state index is 0. The van der Waals surface area contributed by atoms with Crippen LogP contribution in [0.25, 0.3) is 0 Å². The number of unbranched alkanes of at least 4 members (excludes halogenated alkanes) is 4. The van der Waals surface area contributed by atoms with Gasteiger partial charge in [-0.1, -0.05) is 0 Å². The van der Waals surface area contributed by atoms with Gasteiger partial charge >= 0.3 is 141 Å². The predicted molar refractivity (Wildman–Crippen MR) is 105 cm³/mol. The fraction of sp³-hybridized carbons (Fsp3) is 1.00. The summed E-state index contributed by atoms with van der Waals surface area (Å²) in [4.78, 5) is 0. The van der Waals surface area contributed by atoms with E-state index in [9.17, 15) is 0 Å². The monoisotopic (exact) mass is 364 g/mol. The Balaban J connectivity index is -0.00000128. The summed E-state index contributed by atoms with van der Waals surface area (Å²) in [6.07, 6.45) is 18.1. The molecule has 0 saturated heterocycles. The normalized spacial score (nSPS) is 11.6. The molecule has 0 unspecified atom stereocenters. The van der Waals surface area contributed by atoms with Crippen molar-refractivity contribution in [2.24, 2.45) is 0 Å². The van der Waals surface area contributed by atoms with Crippen LogP contribution in [0.3, 0.4) is 0 Å². The number of hydrogen-bond acceptors (Lipinski definition) is 0. The van der Waals surface area contributed by atoms with Gasteiger partial charge in [-0.05, 0) is 0 Å². The van der Waals surface area contributed by atoms with E-state index in [0.29, 0.717) is 0 Å². The Morgan fingerprint density at radius 1 is 0.526 bits per heavy atom. The molecule has 0 aliphatic heterocycles. The van der Waals surface area contributed by atoms with E-state index in [1.54, 1.807) is 24.6 Å². The van der Waals surface area contributed by atoms with Gasteiger partial charge in [0.1, 0.15) is 0 Å². The zero-order chi connectivity index (χ0) is 13.0. The molecule has 0 amide bonds. The van der Waals surface area contributed by atoms with Crippen LogP contribution in [0.1, 0.15) is 79.1 Å². The van der Waals surface area contributed by atoms with Gasteiger partial charge in [0.2, 0.25) is 0 Å². The van der Waals surface area contributed by atoms with Crippen molar-refractivity contribution in [2.75, 3.05) is 24.6 Å². The van der Waals surface area contributed by atoms with Gasteiger partial charge in [0.05, 0.1) is 0 Å². The van der Waals surface area contributed by atoms with Gasteiger partial charge in [0.25, 0.3) is 0 Å². The molecule has 0 bridgehead atoms. The van der Waals surface area contributed by atoms with Crippen LogP contribution in [0.15, 0.2) is 0 Å². The second-order valence-corrected chi connectivity index (χ2v) is 10.9. The molecule has 3 heteroatoms. The van der Waals surface area contributed by atoms with Gasteiger partial charge in [0.15, 0.2) is 0 Å². The Morgan fingerprint density at radius 2 is 0.737 bits per heavy atom. The zero-order valence-corrected chi connectivity index (χ0v) is 16.1. The average Bonchev–Trinajstić information content (AvgIpc) is 2.37. The summed E-state index contributed by atoms with van der Waals surface area (Å²) in [7, 11) is -0.879. The summed E-state index contributed by atoms with van der Waals surface area (Å²) < 4.78 is 0. The van der Waals surface area contributed by atoms with Crippen molar-refractivity contribution in [3.05, 3.63) is 0 Å². The van der Waals surface area contributed by atoms with Gasteiger partial charge in [-0.25, -0.2) is 0 Å². The third-order valence-electron chi connectivity index (χ3n) is 4.24. The quantitative estimate of drug-likeness (QED) is 0.300. The Hall–Kier alpha value is 1.91. The van der Waals surface area contributed by atoms with Crippen molar-refractivity contribution in [3.8, 4) is 0 Å². The summed E-state index contributed by atoms with van der Waals surface area (Å²) in [6, 6.07) is 0. The molecule has 0 spiro atoms. The Kier molecular flexibility index (Phi) is 24.4. The van der Waals surface area contributed by atoms with Gasteiger partial charge in [-0.3, -0.25) is 0 Å². The second-order valence-electron chi connectivity index (χ2n) is 5.91. The molecule has 116 valence electrons. The molecule has 0 N–H and O–H groups in total. The molecule has 0 aliphatic carbocycles. The second kappa shape index (κ2) is 18.0. The van der Waals surface area contributed by atoms with Crippen LogP contribution in [0.4, 0.5) is 0 Å². The molecule has 0 aromatic heterocycles. The Morgan fingerprint density at radius 3 is 0.895 bits per heavy atom. The van der Waals surface area contributed by atoms with E-state index < -0.39 is 7.26 Å². The molecule has 0 saturated carbocycles. The number of hydrogen-bond donors (Lipinski definition) is 0. The minimum atomic E-state index is -0.879. The summed E-state index contributed by atoms with van der Waals surface area (Å²) in [5, 5.41) is 0. The Labute approximate surface area is 156 Å². The Bertz CT molecular complexity index is 127. The molecule has 0 fully saturated rings. The van der Waals surface area contributed by atoms with Crippen LogP contribution >= 0.6 is 24.2 Å². The van der Waals surface area contributed by atoms with Gasteiger partial charge in [-0.2, -0.15) is 0 Å². The van der Waals surface area contributed by atoms with Crippen molar-refractivity contribution in [1.82, 2.24) is 0 Å². The SMILES string of the molecule is Br.CCCC[PH](CCCC)(CCCC)CCCC.[NaH]. The van der Waals surface area contributed by atoms with E-state index in [1.165, 1.54) is 51.4 Å². The van der Waals surface area contributed by atoms with E-state index in [2.05, 4.69) is 27.7 Å². The van der Waals surface area contributed by atoms with E-state index in [-0.39, 0.29) is 46.5 Å². The van der Waals surface area contributed by atoms with Crippen LogP contribution in [0.2, 0.25) is 0 Å². The van der Waals surface area contributed by atoms with E-state index in [0.717, 1.165) is 0 Å². The molecule has 0 aromatic rings. The molecule has 19 heavy (non-hydrogen) atoms. The number of halogens is 1. The molecule has 0 atom stereocenters. The molecular formula is C16H39BrNaP. The molecule has 0 aromatic carbocycles. The topological polar surface area (TPSA) is 0 Å². The molecule has 0 rings (SSSR count). The van der Waals surface area contributed by atoms with Crippen molar-refractivity contribution in [1.29, 1.82) is 0 Å². The third-order valence-corrected chi connectivity index (χ3v) is 9.90. The van der Waals surface area contributed by atoms with Gasteiger partial charge < -0.3 is 0 Å². The fourth-order valence-corrected chi connectivity index (χ4v) is 8.87. The first kappa shape index (κ1) is 25.8. The van der Waals surface area contributed by atoms with E-state index in [1.807, 2.05) is 0 Å². The van der Waals surface area contributed by atoms with Crippen LogP contribution < -0.4 is 0 Å². The zero-order valence-electron chi connectivity index (χ0n) is 13.4. The fourth-order valence-electron chi connectivity index (χ4n) is 2.96. The standard InChI is InChI=1S/C16H37P.BrH.Na.H/c1-5-9-13-17(14-10-6-2,15-11-7-3)16-12-8-4;;;/h17H,5-16H2,1-4H3;1H;;. The maximum absolute atomic E-state index is 2.36. The third kappa shape index (κ3) is 13.3. The summed E-state index contributed by atoms with van der Waals surface area (Å²) in [5.41, 5.74) is 0. The predicted octanol–water partition coefficient (Wildman–Crippen LogP) is 5.87. The first-order valence-electron chi connectivity index (χ1n) is 8.24. The molecule has 0 nitrogen and oxygen atoms in total. The van der Waals surface area contributed by atoms with Crippen molar-refractivity contribution in [3.63, 3.8) is 0 Å². The first-order valence-corrected chi connectivity index (χ1v) is 11.1. The van der Waals surface area contributed by atoms with E-state index in [4.69, 9.17) is 0 Å². The molecule has 0 heterocycles. The first-order chi connectivity index (χ1) is 8.24. The van der Waals surface area contributed by atoms with Crippen LogP contribution in [-0.4, -0.2) is 54.2 Å². The van der Waals surface area contributed by atoms with Crippen LogP contribution in [-0.2, 0) is 0 Å².